The van der Waals surface area contributed by atoms with Crippen LogP contribution in [0.2, 0.25) is 5.02 Å². The fraction of sp³-hybridized carbons (Fsp3) is 0.222. The lowest BCUT2D eigenvalue weighted by Crippen LogP contribution is -2.66. The van der Waals surface area contributed by atoms with Crippen LogP contribution in [0.15, 0.2) is 72.8 Å². The molecule has 4 rings (SSSR count). The molecule has 2 atom stereocenters. The zero-order valence-corrected chi connectivity index (χ0v) is 20.0. The second-order valence-corrected chi connectivity index (χ2v) is 9.14. The van der Waals surface area contributed by atoms with Crippen molar-refractivity contribution >= 4 is 23.5 Å². The number of hydrogen-bond donors (Lipinski definition) is 1. The molecule has 0 saturated carbocycles. The Morgan fingerprint density at radius 3 is 2.26 bits per heavy atom. The van der Waals surface area contributed by atoms with Gasteiger partial charge in [0.05, 0.1) is 11.6 Å². The van der Waals surface area contributed by atoms with Gasteiger partial charge >= 0.3 is 6.09 Å². The Balaban J connectivity index is 1.81. The molecule has 1 N–H and O–H groups in total. The van der Waals surface area contributed by atoms with E-state index in [2.05, 4.69) is 5.32 Å². The van der Waals surface area contributed by atoms with Gasteiger partial charge in [0.2, 0.25) is 0 Å². The third kappa shape index (κ3) is 4.27. The van der Waals surface area contributed by atoms with E-state index in [1.807, 2.05) is 25.1 Å². The van der Waals surface area contributed by atoms with E-state index >= 15 is 0 Å². The van der Waals surface area contributed by atoms with Crippen molar-refractivity contribution in [2.24, 2.45) is 0 Å². The van der Waals surface area contributed by atoms with Crippen LogP contribution in [0.1, 0.15) is 28.4 Å². The average Bonchev–Trinajstić information content (AvgIpc) is 3.23. The number of carbonyl (C=O) groups is 2. The minimum absolute atomic E-state index is 0.156. The second kappa shape index (κ2) is 9.49. The normalized spacial score (nSPS) is 21.2. The number of amides is 1. The monoisotopic (exact) mass is 491 g/mol. The number of carbonyl (C=O) groups excluding carboxylic acids is 2. The molecule has 0 aromatic heterocycles. The minimum atomic E-state index is -1.38. The summed E-state index contributed by atoms with van der Waals surface area (Å²) >= 11 is 6.12. The van der Waals surface area contributed by atoms with Gasteiger partial charge in [0.25, 0.3) is 0 Å². The molecule has 35 heavy (non-hydrogen) atoms. The predicted octanol–water partition coefficient (Wildman–Crippen LogP) is 4.96. The summed E-state index contributed by atoms with van der Waals surface area (Å²) in [6.45, 7) is 2.49. The van der Waals surface area contributed by atoms with E-state index < -0.39 is 22.9 Å². The molecule has 8 heteroatoms. The zero-order chi connectivity index (χ0) is 25.2. The van der Waals surface area contributed by atoms with Crippen molar-refractivity contribution in [3.05, 3.63) is 100 Å². The molecule has 1 aliphatic heterocycles. The first kappa shape index (κ1) is 24.4. The van der Waals surface area contributed by atoms with Gasteiger partial charge in [0.15, 0.2) is 5.78 Å². The summed E-state index contributed by atoms with van der Waals surface area (Å²) in [5, 5.41) is 13.0. The summed E-state index contributed by atoms with van der Waals surface area (Å²) in [5.74, 6) is -0.604. The highest BCUT2D eigenvalue weighted by molar-refractivity contribution is 6.30. The number of nitrogens with one attached hydrogen (secondary N) is 1. The topological polar surface area (TPSA) is 82.4 Å². The zero-order valence-electron chi connectivity index (χ0n) is 19.2. The van der Waals surface area contributed by atoms with Crippen molar-refractivity contribution in [1.29, 1.82) is 5.26 Å². The van der Waals surface area contributed by atoms with Gasteiger partial charge in [-0.3, -0.25) is 9.69 Å². The molecule has 1 amide bonds. The molecular weight excluding hydrogens is 469 g/mol. The highest BCUT2D eigenvalue weighted by Crippen LogP contribution is 2.44. The molecule has 0 aliphatic carbocycles. The molecule has 0 unspecified atom stereocenters. The molecule has 1 saturated heterocycles. The molecule has 0 radical (unpaired) electrons. The molecule has 1 fully saturated rings. The van der Waals surface area contributed by atoms with Crippen LogP contribution in [0.5, 0.6) is 5.75 Å². The fourth-order valence-corrected chi connectivity index (χ4v) is 4.85. The maximum absolute atomic E-state index is 14.2. The van der Waals surface area contributed by atoms with E-state index in [1.165, 1.54) is 36.2 Å². The lowest BCUT2D eigenvalue weighted by atomic mass is 9.64. The molecular formula is C27H23ClFN3O3. The van der Waals surface area contributed by atoms with Gasteiger partial charge in [-0.1, -0.05) is 42.8 Å². The average molecular weight is 492 g/mol. The molecule has 0 bridgehead atoms. The first-order chi connectivity index (χ1) is 16.7. The number of hydrogen-bond acceptors (Lipinski definition) is 5. The van der Waals surface area contributed by atoms with Crippen molar-refractivity contribution < 1.29 is 18.7 Å². The number of nitrogens with zero attached hydrogens (tertiary/aromatic N) is 2. The summed E-state index contributed by atoms with van der Waals surface area (Å²) in [5.41, 5.74) is -0.653. The second-order valence-electron chi connectivity index (χ2n) is 8.70. The van der Waals surface area contributed by atoms with Crippen LogP contribution in [0, 0.1) is 17.1 Å². The molecule has 3 aromatic carbocycles. The number of likely N-dealkylation sites (N-methyl/N-ethyl adjacent to an activating group) is 1. The van der Waals surface area contributed by atoms with Gasteiger partial charge in [-0.2, -0.15) is 5.26 Å². The lowest BCUT2D eigenvalue weighted by Gasteiger charge is -2.47. The number of ether oxygens (including phenoxy) is 1. The Hall–Kier alpha value is -3.73. The maximum Gasteiger partial charge on any atom is 0.415 e. The number of rotatable bonds is 5. The Kier molecular flexibility index (Phi) is 6.62. The van der Waals surface area contributed by atoms with Gasteiger partial charge < -0.3 is 10.1 Å². The van der Waals surface area contributed by atoms with E-state index in [-0.39, 0.29) is 18.1 Å². The van der Waals surface area contributed by atoms with Crippen LogP contribution in [0.25, 0.3) is 0 Å². The third-order valence-corrected chi connectivity index (χ3v) is 7.02. The van der Waals surface area contributed by atoms with Crippen LogP contribution in [0.4, 0.5) is 9.18 Å². The maximum atomic E-state index is 14.2. The minimum Gasteiger partial charge on any atom is -0.410 e. The highest BCUT2D eigenvalue weighted by atomic mass is 35.5. The van der Waals surface area contributed by atoms with E-state index in [1.54, 1.807) is 36.4 Å². The highest BCUT2D eigenvalue weighted by Gasteiger charge is 2.62. The molecule has 178 valence electrons. The van der Waals surface area contributed by atoms with Crippen LogP contribution in [0.3, 0.4) is 0 Å². The summed E-state index contributed by atoms with van der Waals surface area (Å²) in [7, 11) is 1.52. The Labute approximate surface area is 207 Å². The quantitative estimate of drug-likeness (QED) is 0.510. The molecule has 1 heterocycles. The Bertz CT molecular complexity index is 1290. The van der Waals surface area contributed by atoms with Crippen molar-refractivity contribution in [3.63, 3.8) is 0 Å². The van der Waals surface area contributed by atoms with E-state index in [4.69, 9.17) is 21.6 Å². The smallest absolute Gasteiger partial charge is 0.410 e. The van der Waals surface area contributed by atoms with E-state index in [0.29, 0.717) is 22.7 Å². The predicted molar refractivity (Wildman–Crippen MR) is 130 cm³/mol. The fourth-order valence-electron chi connectivity index (χ4n) is 4.73. The molecule has 6 nitrogen and oxygen atoms in total. The lowest BCUT2D eigenvalue weighted by molar-refractivity contribution is 0.0496. The molecule has 3 aromatic rings. The number of nitriles is 1. The van der Waals surface area contributed by atoms with Gasteiger partial charge in [0, 0.05) is 36.1 Å². The van der Waals surface area contributed by atoms with Crippen molar-refractivity contribution in [2.45, 2.75) is 17.9 Å². The number of Topliss-reactive ketones (excluding diaryl/α,β-unsaturated/α-hetero) is 1. The molecule has 1 aliphatic rings. The van der Waals surface area contributed by atoms with Gasteiger partial charge in [-0.25, -0.2) is 9.18 Å². The summed E-state index contributed by atoms with van der Waals surface area (Å²) in [4.78, 5) is 28.9. The summed E-state index contributed by atoms with van der Waals surface area (Å²) in [6.07, 6.45) is -0.762. The van der Waals surface area contributed by atoms with E-state index in [0.717, 1.165) is 5.56 Å². The van der Waals surface area contributed by atoms with Crippen molar-refractivity contribution in [2.75, 3.05) is 20.1 Å². The number of ketones is 1. The van der Waals surface area contributed by atoms with Crippen LogP contribution in [-0.2, 0) is 5.41 Å². The van der Waals surface area contributed by atoms with Gasteiger partial charge in [-0.15, -0.1) is 0 Å². The standard InChI is InChI=1S/C27H23ClFN3O3/c1-26(20-7-9-21(28)10-8-20)16-31-17-27(26,24(33)19-5-3-18(15-30)4-6-19)32(2)25(34)35-23-13-11-22(29)12-14-23/h3-14,31H,16-17H2,1-2H3/t26-,27-/m0/s1. The number of halogens is 2. The van der Waals surface area contributed by atoms with Crippen LogP contribution in [-0.4, -0.2) is 42.5 Å². The Morgan fingerprint density at radius 2 is 1.66 bits per heavy atom. The van der Waals surface area contributed by atoms with Crippen molar-refractivity contribution in [1.82, 2.24) is 10.2 Å². The van der Waals surface area contributed by atoms with Crippen LogP contribution >= 0.6 is 11.6 Å². The van der Waals surface area contributed by atoms with Crippen LogP contribution < -0.4 is 10.1 Å². The Morgan fingerprint density at radius 1 is 1.03 bits per heavy atom. The SMILES string of the molecule is CN(C(=O)Oc1ccc(F)cc1)[C@]1(C(=O)c2ccc(C#N)cc2)CNC[C@@]1(C)c1ccc(Cl)cc1. The van der Waals surface area contributed by atoms with Crippen molar-refractivity contribution in [3.8, 4) is 11.8 Å². The number of benzene rings is 3. The first-order valence-corrected chi connectivity index (χ1v) is 11.3. The molecule has 0 spiro atoms. The van der Waals surface area contributed by atoms with E-state index in [9.17, 15) is 14.0 Å². The van der Waals surface area contributed by atoms with Gasteiger partial charge in [-0.05, 0) is 54.1 Å². The summed E-state index contributed by atoms with van der Waals surface area (Å²) in [6, 6.07) is 20.6. The largest absolute Gasteiger partial charge is 0.415 e. The third-order valence-electron chi connectivity index (χ3n) is 6.77. The van der Waals surface area contributed by atoms with Gasteiger partial charge in [0.1, 0.15) is 17.1 Å². The first-order valence-electron chi connectivity index (χ1n) is 10.9. The summed E-state index contributed by atoms with van der Waals surface area (Å²) < 4.78 is 18.8.